The molecule has 1 aliphatic carbocycles. The molecule has 0 saturated heterocycles. The van der Waals surface area contributed by atoms with Gasteiger partial charge in [-0.1, -0.05) is 31.2 Å². The molecule has 0 fully saturated rings. The van der Waals surface area contributed by atoms with Crippen molar-refractivity contribution in [2.45, 2.75) is 31.9 Å². The van der Waals surface area contributed by atoms with E-state index in [0.29, 0.717) is 12.1 Å². The van der Waals surface area contributed by atoms with Crippen molar-refractivity contribution < 1.29 is 4.74 Å². The molecule has 1 aromatic rings. The zero-order valence-corrected chi connectivity index (χ0v) is 9.49. The van der Waals surface area contributed by atoms with Crippen LogP contribution >= 0.6 is 0 Å². The van der Waals surface area contributed by atoms with E-state index in [-0.39, 0.29) is 0 Å². The van der Waals surface area contributed by atoms with Crippen LogP contribution < -0.4 is 5.32 Å². The van der Waals surface area contributed by atoms with Crippen molar-refractivity contribution in [3.05, 3.63) is 35.4 Å². The standard InChI is InChI=1S/C13H19NO/c1-3-8-14-13-11-7-5-4-6-10(11)9-12(13)15-2/h4-7,12-14H,3,8-9H2,1-2H3. The number of hydrogen-bond donors (Lipinski definition) is 1. The molecule has 0 heterocycles. The normalized spacial score (nSPS) is 24.1. The summed E-state index contributed by atoms with van der Waals surface area (Å²) in [5.41, 5.74) is 2.84. The highest BCUT2D eigenvalue weighted by Gasteiger charge is 2.31. The molecule has 0 aliphatic heterocycles. The fraction of sp³-hybridized carbons (Fsp3) is 0.538. The molecule has 0 saturated carbocycles. The molecule has 0 radical (unpaired) electrons. The Morgan fingerprint density at radius 3 is 2.93 bits per heavy atom. The van der Waals surface area contributed by atoms with Gasteiger partial charge in [-0.25, -0.2) is 0 Å². The molecule has 2 rings (SSSR count). The maximum atomic E-state index is 5.54. The highest BCUT2D eigenvalue weighted by Crippen LogP contribution is 2.32. The second-order valence-corrected chi connectivity index (χ2v) is 4.11. The zero-order chi connectivity index (χ0) is 10.7. The summed E-state index contributed by atoms with van der Waals surface area (Å²) in [5, 5.41) is 3.56. The molecule has 2 nitrogen and oxygen atoms in total. The number of rotatable bonds is 4. The quantitative estimate of drug-likeness (QED) is 0.814. The van der Waals surface area contributed by atoms with Gasteiger partial charge in [0.05, 0.1) is 12.1 Å². The van der Waals surface area contributed by atoms with Crippen molar-refractivity contribution in [2.75, 3.05) is 13.7 Å². The van der Waals surface area contributed by atoms with Crippen LogP contribution in [0, 0.1) is 0 Å². The van der Waals surface area contributed by atoms with Crippen LogP contribution in [0.15, 0.2) is 24.3 Å². The summed E-state index contributed by atoms with van der Waals surface area (Å²) >= 11 is 0. The first-order chi connectivity index (χ1) is 7.36. The average Bonchev–Trinajstić information content (AvgIpc) is 2.64. The minimum atomic E-state index is 0.300. The molecule has 0 bridgehead atoms. The second kappa shape index (κ2) is 4.77. The van der Waals surface area contributed by atoms with Crippen LogP contribution in [0.3, 0.4) is 0 Å². The SMILES string of the molecule is CCCNC1c2ccccc2CC1OC. The van der Waals surface area contributed by atoms with Crippen molar-refractivity contribution in [3.63, 3.8) is 0 Å². The third-order valence-corrected chi connectivity index (χ3v) is 3.10. The van der Waals surface area contributed by atoms with Gasteiger partial charge in [-0.2, -0.15) is 0 Å². The summed E-state index contributed by atoms with van der Waals surface area (Å²) in [6.45, 7) is 3.24. The predicted octanol–water partition coefficient (Wildman–Crippen LogP) is 2.30. The second-order valence-electron chi connectivity index (χ2n) is 4.11. The van der Waals surface area contributed by atoms with Crippen LogP contribution in [0.4, 0.5) is 0 Å². The van der Waals surface area contributed by atoms with Crippen LogP contribution in [-0.4, -0.2) is 19.8 Å². The lowest BCUT2D eigenvalue weighted by molar-refractivity contribution is 0.0791. The monoisotopic (exact) mass is 205 g/mol. The van der Waals surface area contributed by atoms with Gasteiger partial charge in [0.15, 0.2) is 0 Å². The van der Waals surface area contributed by atoms with Crippen molar-refractivity contribution >= 4 is 0 Å². The van der Waals surface area contributed by atoms with E-state index in [9.17, 15) is 0 Å². The first kappa shape index (κ1) is 10.7. The van der Waals surface area contributed by atoms with Crippen molar-refractivity contribution in [3.8, 4) is 0 Å². The van der Waals surface area contributed by atoms with Gasteiger partial charge >= 0.3 is 0 Å². The molecular formula is C13H19NO. The Morgan fingerprint density at radius 2 is 2.20 bits per heavy atom. The molecule has 2 atom stereocenters. The van der Waals surface area contributed by atoms with Crippen molar-refractivity contribution in [1.29, 1.82) is 0 Å². The lowest BCUT2D eigenvalue weighted by Crippen LogP contribution is -2.30. The lowest BCUT2D eigenvalue weighted by atomic mass is 10.1. The fourth-order valence-corrected chi connectivity index (χ4v) is 2.32. The number of hydrogen-bond acceptors (Lipinski definition) is 2. The summed E-state index contributed by atoms with van der Waals surface area (Å²) in [6, 6.07) is 9.01. The first-order valence-corrected chi connectivity index (χ1v) is 5.70. The van der Waals surface area contributed by atoms with Gasteiger partial charge in [-0.15, -0.1) is 0 Å². The van der Waals surface area contributed by atoms with E-state index >= 15 is 0 Å². The Hall–Kier alpha value is -0.860. The Kier molecular flexibility index (Phi) is 3.39. The topological polar surface area (TPSA) is 21.3 Å². The molecule has 1 aromatic carbocycles. The summed E-state index contributed by atoms with van der Waals surface area (Å²) in [5.74, 6) is 0. The third-order valence-electron chi connectivity index (χ3n) is 3.10. The highest BCUT2D eigenvalue weighted by atomic mass is 16.5. The van der Waals surface area contributed by atoms with E-state index in [2.05, 4.69) is 36.5 Å². The molecular weight excluding hydrogens is 186 g/mol. The van der Waals surface area contributed by atoms with E-state index in [1.807, 2.05) is 0 Å². The summed E-state index contributed by atoms with van der Waals surface area (Å²) in [4.78, 5) is 0. The fourth-order valence-electron chi connectivity index (χ4n) is 2.32. The summed E-state index contributed by atoms with van der Waals surface area (Å²) in [7, 11) is 1.80. The number of fused-ring (bicyclic) bond motifs is 1. The average molecular weight is 205 g/mol. The van der Waals surface area contributed by atoms with Gasteiger partial charge in [0.25, 0.3) is 0 Å². The Balaban J connectivity index is 2.18. The van der Waals surface area contributed by atoms with Gasteiger partial charge in [-0.05, 0) is 24.1 Å². The van der Waals surface area contributed by atoms with Crippen LogP contribution in [0.2, 0.25) is 0 Å². The Bertz CT molecular complexity index is 324. The predicted molar refractivity (Wildman–Crippen MR) is 62.0 cm³/mol. The van der Waals surface area contributed by atoms with Gasteiger partial charge in [0.2, 0.25) is 0 Å². The molecule has 1 aliphatic rings. The van der Waals surface area contributed by atoms with Crippen LogP contribution in [0.1, 0.15) is 30.5 Å². The number of benzene rings is 1. The Morgan fingerprint density at radius 1 is 1.40 bits per heavy atom. The van der Waals surface area contributed by atoms with Crippen LogP contribution in [-0.2, 0) is 11.2 Å². The van der Waals surface area contributed by atoms with Crippen molar-refractivity contribution in [1.82, 2.24) is 5.32 Å². The van der Waals surface area contributed by atoms with E-state index in [0.717, 1.165) is 19.4 Å². The minimum Gasteiger partial charge on any atom is -0.379 e. The molecule has 0 aromatic heterocycles. The van der Waals surface area contributed by atoms with E-state index in [4.69, 9.17) is 4.74 Å². The first-order valence-electron chi connectivity index (χ1n) is 5.70. The maximum absolute atomic E-state index is 5.54. The lowest BCUT2D eigenvalue weighted by Gasteiger charge is -2.20. The smallest absolute Gasteiger partial charge is 0.0806 e. The maximum Gasteiger partial charge on any atom is 0.0806 e. The number of nitrogens with one attached hydrogen (secondary N) is 1. The summed E-state index contributed by atoms with van der Waals surface area (Å²) in [6.07, 6.45) is 2.50. The number of methoxy groups -OCH3 is 1. The highest BCUT2D eigenvalue weighted by molar-refractivity contribution is 5.36. The molecule has 82 valence electrons. The van der Waals surface area contributed by atoms with E-state index < -0.39 is 0 Å². The molecule has 2 heteroatoms. The van der Waals surface area contributed by atoms with Crippen LogP contribution in [0.25, 0.3) is 0 Å². The van der Waals surface area contributed by atoms with E-state index in [1.54, 1.807) is 7.11 Å². The molecule has 0 spiro atoms. The molecule has 1 N–H and O–H groups in total. The van der Waals surface area contributed by atoms with Gasteiger partial charge in [0.1, 0.15) is 0 Å². The number of ether oxygens (including phenoxy) is 1. The van der Waals surface area contributed by atoms with Gasteiger partial charge in [-0.3, -0.25) is 0 Å². The minimum absolute atomic E-state index is 0.300. The van der Waals surface area contributed by atoms with Crippen molar-refractivity contribution in [2.24, 2.45) is 0 Å². The third kappa shape index (κ3) is 2.06. The molecule has 15 heavy (non-hydrogen) atoms. The largest absolute Gasteiger partial charge is 0.379 e. The van der Waals surface area contributed by atoms with Crippen LogP contribution in [0.5, 0.6) is 0 Å². The van der Waals surface area contributed by atoms with Gasteiger partial charge in [0, 0.05) is 13.5 Å². The summed E-state index contributed by atoms with van der Waals surface area (Å²) < 4.78 is 5.54. The van der Waals surface area contributed by atoms with E-state index in [1.165, 1.54) is 11.1 Å². The zero-order valence-electron chi connectivity index (χ0n) is 9.49. The van der Waals surface area contributed by atoms with Gasteiger partial charge < -0.3 is 10.1 Å². The molecule has 2 unspecified atom stereocenters. The molecule has 0 amide bonds. The Labute approximate surface area is 91.6 Å².